The molecule has 0 aliphatic rings. The summed E-state index contributed by atoms with van der Waals surface area (Å²) in [6.45, 7) is 5.65. The maximum atomic E-state index is 13.6. The molecule has 0 bridgehead atoms. The number of para-hydroxylation sites is 2. The van der Waals surface area contributed by atoms with E-state index < -0.39 is 0 Å². The lowest BCUT2D eigenvalue weighted by atomic mass is 10.2. The first-order chi connectivity index (χ1) is 17.7. The number of carbonyl (C=O) groups is 1. The van der Waals surface area contributed by atoms with Crippen LogP contribution in [0.25, 0.3) is 22.3 Å². The SMILES string of the molecule is Cc1cc(C(=O)CSc2nc3ccccc3c(=O)n2C)c(C)n1-c1c(C)n(C)n(-c2ccccc2)c1=O. The van der Waals surface area contributed by atoms with Gasteiger partial charge in [0.1, 0.15) is 5.69 Å². The van der Waals surface area contributed by atoms with E-state index in [1.807, 2.05) is 79.5 Å². The van der Waals surface area contributed by atoms with Gasteiger partial charge < -0.3 is 4.57 Å². The fourth-order valence-electron chi connectivity index (χ4n) is 4.74. The Labute approximate surface area is 217 Å². The van der Waals surface area contributed by atoms with Gasteiger partial charge in [0.05, 0.1) is 28.0 Å². The van der Waals surface area contributed by atoms with Gasteiger partial charge in [0, 0.05) is 31.0 Å². The summed E-state index contributed by atoms with van der Waals surface area (Å²) in [6.07, 6.45) is 0. The first-order valence-electron chi connectivity index (χ1n) is 11.9. The largest absolute Gasteiger partial charge is 0.311 e. The number of ketones is 1. The highest BCUT2D eigenvalue weighted by Crippen LogP contribution is 2.25. The van der Waals surface area contributed by atoms with Crippen molar-refractivity contribution in [1.82, 2.24) is 23.5 Å². The van der Waals surface area contributed by atoms with Gasteiger partial charge in [-0.2, -0.15) is 0 Å². The van der Waals surface area contributed by atoms with Crippen LogP contribution in [-0.2, 0) is 14.1 Å². The van der Waals surface area contributed by atoms with E-state index in [0.29, 0.717) is 33.0 Å². The Kier molecular flexibility index (Phi) is 6.25. The molecule has 0 aliphatic carbocycles. The molecule has 3 heterocycles. The van der Waals surface area contributed by atoms with E-state index in [0.717, 1.165) is 17.1 Å². The smallest absolute Gasteiger partial charge is 0.295 e. The zero-order valence-corrected chi connectivity index (χ0v) is 22.2. The standard InChI is InChI=1S/C28H27N5O3S/c1-17-15-22(24(34)16-37-28-29-23-14-10-9-13-21(23)26(35)30(28)4)18(2)32(17)25-19(3)31(5)33(27(25)36)20-11-7-6-8-12-20/h6-15H,16H2,1-5H3. The molecular formula is C28H27N5O3S. The fourth-order valence-corrected chi connectivity index (χ4v) is 5.59. The number of fused-ring (bicyclic) bond motifs is 1. The Bertz CT molecular complexity index is 1790. The van der Waals surface area contributed by atoms with Crippen LogP contribution in [0.1, 0.15) is 27.4 Å². The van der Waals surface area contributed by atoms with Crippen molar-refractivity contribution in [3.05, 3.63) is 104 Å². The average molecular weight is 514 g/mol. The van der Waals surface area contributed by atoms with E-state index in [2.05, 4.69) is 4.98 Å². The quantitative estimate of drug-likeness (QED) is 0.194. The van der Waals surface area contributed by atoms with Crippen LogP contribution >= 0.6 is 11.8 Å². The van der Waals surface area contributed by atoms with E-state index in [4.69, 9.17) is 0 Å². The minimum Gasteiger partial charge on any atom is -0.311 e. The van der Waals surface area contributed by atoms with Crippen molar-refractivity contribution in [3.8, 4) is 11.4 Å². The summed E-state index contributed by atoms with van der Waals surface area (Å²) in [5.41, 5.74) is 4.43. The van der Waals surface area contributed by atoms with Gasteiger partial charge in [-0.05, 0) is 51.1 Å². The third kappa shape index (κ3) is 4.05. The molecule has 0 unspecified atom stereocenters. The molecule has 188 valence electrons. The summed E-state index contributed by atoms with van der Waals surface area (Å²) in [4.78, 5) is 44.2. The number of aromatic nitrogens is 5. The summed E-state index contributed by atoms with van der Waals surface area (Å²) in [5.74, 6) is 0.0222. The van der Waals surface area contributed by atoms with E-state index in [9.17, 15) is 14.4 Å². The van der Waals surface area contributed by atoms with Crippen molar-refractivity contribution in [3.63, 3.8) is 0 Å². The molecule has 8 nitrogen and oxygen atoms in total. The summed E-state index contributed by atoms with van der Waals surface area (Å²) in [6, 6.07) is 18.5. The Morgan fingerprint density at radius 1 is 0.892 bits per heavy atom. The van der Waals surface area contributed by atoms with E-state index in [-0.39, 0.29) is 22.7 Å². The van der Waals surface area contributed by atoms with Crippen LogP contribution in [0.2, 0.25) is 0 Å². The van der Waals surface area contributed by atoms with Crippen molar-refractivity contribution in [2.45, 2.75) is 25.9 Å². The lowest BCUT2D eigenvalue weighted by molar-refractivity contribution is 0.102. The molecule has 0 aliphatic heterocycles. The predicted molar refractivity (Wildman–Crippen MR) is 147 cm³/mol. The molecule has 37 heavy (non-hydrogen) atoms. The zero-order valence-electron chi connectivity index (χ0n) is 21.3. The number of thioether (sulfide) groups is 1. The highest BCUT2D eigenvalue weighted by molar-refractivity contribution is 7.99. The van der Waals surface area contributed by atoms with Crippen LogP contribution in [0.15, 0.2) is 75.4 Å². The van der Waals surface area contributed by atoms with Gasteiger partial charge in [0.2, 0.25) is 0 Å². The summed E-state index contributed by atoms with van der Waals surface area (Å²) in [7, 11) is 3.52. The first kappa shape index (κ1) is 24.6. The average Bonchev–Trinajstić information content (AvgIpc) is 3.30. The summed E-state index contributed by atoms with van der Waals surface area (Å²) < 4.78 is 6.80. The molecule has 0 N–H and O–H groups in total. The lowest BCUT2D eigenvalue weighted by Gasteiger charge is -2.09. The van der Waals surface area contributed by atoms with Crippen molar-refractivity contribution >= 4 is 28.4 Å². The third-order valence-corrected chi connectivity index (χ3v) is 7.78. The van der Waals surface area contributed by atoms with Crippen LogP contribution < -0.4 is 11.1 Å². The predicted octanol–water partition coefficient (Wildman–Crippen LogP) is 4.11. The van der Waals surface area contributed by atoms with Gasteiger partial charge >= 0.3 is 0 Å². The number of aryl methyl sites for hydroxylation is 1. The van der Waals surface area contributed by atoms with Crippen molar-refractivity contribution in [2.24, 2.45) is 14.1 Å². The molecule has 0 atom stereocenters. The van der Waals surface area contributed by atoms with E-state index in [1.165, 1.54) is 16.3 Å². The Balaban J connectivity index is 1.49. The van der Waals surface area contributed by atoms with E-state index in [1.54, 1.807) is 29.9 Å². The molecule has 2 aromatic carbocycles. The molecule has 0 saturated carbocycles. The van der Waals surface area contributed by atoms with Gasteiger partial charge in [0.15, 0.2) is 10.9 Å². The molecule has 0 saturated heterocycles. The summed E-state index contributed by atoms with van der Waals surface area (Å²) in [5, 5.41) is 1.03. The fraction of sp³-hybridized carbons (Fsp3) is 0.214. The van der Waals surface area contributed by atoms with Crippen molar-refractivity contribution in [2.75, 3.05) is 5.75 Å². The highest BCUT2D eigenvalue weighted by Gasteiger charge is 2.24. The number of Topliss-reactive ketones (excluding diaryl/α,β-unsaturated/α-hetero) is 1. The number of benzene rings is 2. The Morgan fingerprint density at radius 2 is 1.57 bits per heavy atom. The molecule has 0 radical (unpaired) electrons. The van der Waals surface area contributed by atoms with Crippen LogP contribution in [0.3, 0.4) is 0 Å². The number of rotatable bonds is 6. The van der Waals surface area contributed by atoms with Crippen LogP contribution in [0.5, 0.6) is 0 Å². The maximum absolute atomic E-state index is 13.6. The molecule has 5 aromatic rings. The number of carbonyl (C=O) groups excluding carboxylic acids is 1. The molecule has 0 spiro atoms. The van der Waals surface area contributed by atoms with Crippen molar-refractivity contribution < 1.29 is 4.79 Å². The maximum Gasteiger partial charge on any atom is 0.295 e. The first-order valence-corrected chi connectivity index (χ1v) is 12.8. The molecule has 3 aromatic heterocycles. The van der Waals surface area contributed by atoms with Gasteiger partial charge in [0.25, 0.3) is 11.1 Å². The highest BCUT2D eigenvalue weighted by atomic mass is 32.2. The van der Waals surface area contributed by atoms with Crippen LogP contribution in [0.4, 0.5) is 0 Å². The molecule has 0 amide bonds. The van der Waals surface area contributed by atoms with E-state index >= 15 is 0 Å². The number of hydrogen-bond acceptors (Lipinski definition) is 5. The second kappa shape index (κ2) is 9.40. The minimum absolute atomic E-state index is 0.0938. The number of nitrogens with zero attached hydrogens (tertiary/aromatic N) is 5. The summed E-state index contributed by atoms with van der Waals surface area (Å²) >= 11 is 1.23. The topological polar surface area (TPSA) is 83.8 Å². The molecule has 9 heteroatoms. The second-order valence-electron chi connectivity index (χ2n) is 9.02. The van der Waals surface area contributed by atoms with Crippen LogP contribution in [-0.4, -0.2) is 35.0 Å². The van der Waals surface area contributed by atoms with Gasteiger partial charge in [-0.3, -0.25) is 23.6 Å². The number of hydrogen-bond donors (Lipinski definition) is 0. The molecule has 0 fully saturated rings. The minimum atomic E-state index is -0.156. The van der Waals surface area contributed by atoms with Gasteiger partial charge in [-0.25, -0.2) is 9.67 Å². The van der Waals surface area contributed by atoms with Crippen molar-refractivity contribution in [1.29, 1.82) is 0 Å². The molecular weight excluding hydrogens is 486 g/mol. The zero-order chi connectivity index (χ0) is 26.4. The monoisotopic (exact) mass is 513 g/mol. The third-order valence-electron chi connectivity index (χ3n) is 6.75. The normalized spacial score (nSPS) is 11.4. The lowest BCUT2D eigenvalue weighted by Crippen LogP contribution is -2.22. The van der Waals surface area contributed by atoms with Gasteiger partial charge in [-0.15, -0.1) is 0 Å². The molecule has 5 rings (SSSR count). The second-order valence-corrected chi connectivity index (χ2v) is 9.96. The van der Waals surface area contributed by atoms with Crippen LogP contribution in [0, 0.1) is 20.8 Å². The van der Waals surface area contributed by atoms with Gasteiger partial charge in [-0.1, -0.05) is 42.1 Å². The Morgan fingerprint density at radius 3 is 2.30 bits per heavy atom. The Hall–Kier alpha value is -4.11.